The summed E-state index contributed by atoms with van der Waals surface area (Å²) in [6.45, 7) is 5.78. The number of nitrogens with one attached hydrogen (secondary N) is 1. The van der Waals surface area contributed by atoms with Crippen LogP contribution in [0.3, 0.4) is 0 Å². The maximum atomic E-state index is 11.2. The van der Waals surface area contributed by atoms with Crippen LogP contribution in [-0.4, -0.2) is 47.1 Å². The second-order valence-corrected chi connectivity index (χ2v) is 4.00. The van der Waals surface area contributed by atoms with Crippen molar-refractivity contribution in [1.82, 2.24) is 10.2 Å². The number of hydrogen-bond acceptors (Lipinski definition) is 3. The van der Waals surface area contributed by atoms with Crippen LogP contribution in [0.15, 0.2) is 0 Å². The first kappa shape index (κ1) is 12.0. The van der Waals surface area contributed by atoms with Crippen LogP contribution in [0.1, 0.15) is 26.7 Å². The molecule has 0 atom stereocenters. The lowest BCUT2D eigenvalue weighted by Gasteiger charge is -2.38. The van der Waals surface area contributed by atoms with E-state index >= 15 is 0 Å². The molecule has 0 aromatic heterocycles. The first-order valence-corrected chi connectivity index (χ1v) is 5.24. The van der Waals surface area contributed by atoms with Crippen LogP contribution < -0.4 is 5.32 Å². The topological polar surface area (TPSA) is 69.6 Å². The molecule has 0 aliphatic carbocycles. The standard InChI is InChI=1S/C10H18N2O3/c1-3-12-6-4-10(5-7-12,9(14)15)11-8(2)13/h3-7H2,1-2H3,(H,11,13)(H,14,15). The van der Waals surface area contributed by atoms with Crippen molar-refractivity contribution in [2.75, 3.05) is 19.6 Å². The minimum absolute atomic E-state index is 0.276. The molecule has 0 bridgehead atoms. The second kappa shape index (κ2) is 4.61. The SMILES string of the molecule is CCN1CCC(NC(C)=O)(C(=O)O)CC1. The summed E-state index contributed by atoms with van der Waals surface area (Å²) in [5.74, 6) is -1.20. The van der Waals surface area contributed by atoms with Gasteiger partial charge in [-0.1, -0.05) is 6.92 Å². The predicted molar refractivity (Wildman–Crippen MR) is 55.5 cm³/mol. The van der Waals surface area contributed by atoms with Crippen LogP contribution in [0.25, 0.3) is 0 Å². The van der Waals surface area contributed by atoms with Gasteiger partial charge in [0.25, 0.3) is 0 Å². The zero-order valence-corrected chi connectivity index (χ0v) is 9.25. The summed E-state index contributed by atoms with van der Waals surface area (Å²) in [6, 6.07) is 0. The average Bonchev–Trinajstić information content (AvgIpc) is 2.17. The van der Waals surface area contributed by atoms with Crippen LogP contribution in [0.4, 0.5) is 0 Å². The van der Waals surface area contributed by atoms with E-state index in [0.29, 0.717) is 12.8 Å². The number of nitrogens with zero attached hydrogens (tertiary/aromatic N) is 1. The molecule has 5 heteroatoms. The van der Waals surface area contributed by atoms with E-state index in [-0.39, 0.29) is 5.91 Å². The van der Waals surface area contributed by atoms with E-state index < -0.39 is 11.5 Å². The molecule has 0 aromatic carbocycles. The van der Waals surface area contributed by atoms with Crippen LogP contribution in [0.5, 0.6) is 0 Å². The highest BCUT2D eigenvalue weighted by Crippen LogP contribution is 2.22. The highest BCUT2D eigenvalue weighted by molar-refractivity contribution is 5.86. The van der Waals surface area contributed by atoms with Gasteiger partial charge in [0.2, 0.25) is 5.91 Å². The van der Waals surface area contributed by atoms with Crippen LogP contribution in [-0.2, 0) is 9.59 Å². The molecule has 0 spiro atoms. The molecule has 86 valence electrons. The van der Waals surface area contributed by atoms with Crippen molar-refractivity contribution in [2.24, 2.45) is 0 Å². The molecule has 15 heavy (non-hydrogen) atoms. The Hall–Kier alpha value is -1.10. The Labute approximate surface area is 89.4 Å². The van der Waals surface area contributed by atoms with Gasteiger partial charge in [0.1, 0.15) is 5.54 Å². The van der Waals surface area contributed by atoms with Crippen molar-refractivity contribution >= 4 is 11.9 Å². The fourth-order valence-electron chi connectivity index (χ4n) is 1.98. The first-order valence-electron chi connectivity index (χ1n) is 5.24. The molecule has 0 saturated carbocycles. The number of rotatable bonds is 3. The zero-order chi connectivity index (χ0) is 11.5. The molecule has 0 radical (unpaired) electrons. The lowest BCUT2D eigenvalue weighted by atomic mass is 9.87. The lowest BCUT2D eigenvalue weighted by molar-refractivity contribution is -0.149. The molecule has 1 rings (SSSR count). The highest BCUT2D eigenvalue weighted by atomic mass is 16.4. The smallest absolute Gasteiger partial charge is 0.329 e. The molecule has 2 N–H and O–H groups in total. The Balaban J connectivity index is 2.69. The maximum absolute atomic E-state index is 11.2. The third-order valence-electron chi connectivity index (χ3n) is 2.98. The van der Waals surface area contributed by atoms with E-state index in [0.717, 1.165) is 19.6 Å². The van der Waals surface area contributed by atoms with Crippen LogP contribution in [0, 0.1) is 0 Å². The van der Waals surface area contributed by atoms with Gasteiger partial charge >= 0.3 is 5.97 Å². The number of hydrogen-bond donors (Lipinski definition) is 2. The summed E-state index contributed by atoms with van der Waals surface area (Å²) in [5, 5.41) is 11.7. The zero-order valence-electron chi connectivity index (χ0n) is 9.25. The summed E-state index contributed by atoms with van der Waals surface area (Å²) >= 11 is 0. The van der Waals surface area contributed by atoms with Crippen molar-refractivity contribution in [1.29, 1.82) is 0 Å². The summed E-state index contributed by atoms with van der Waals surface area (Å²) in [5.41, 5.74) is -1.04. The minimum Gasteiger partial charge on any atom is -0.480 e. The molecule has 5 nitrogen and oxygen atoms in total. The molecule has 1 saturated heterocycles. The van der Waals surface area contributed by atoms with Gasteiger partial charge in [0.05, 0.1) is 0 Å². The normalized spacial score (nSPS) is 20.9. The molecular weight excluding hydrogens is 196 g/mol. The molecule has 1 amide bonds. The van der Waals surface area contributed by atoms with Gasteiger partial charge in [-0.25, -0.2) is 4.79 Å². The predicted octanol–water partition coefficient (Wildman–Crippen LogP) is 0.0616. The van der Waals surface area contributed by atoms with E-state index in [1.54, 1.807) is 0 Å². The number of carboxylic acids is 1. The van der Waals surface area contributed by atoms with Crippen LogP contribution in [0.2, 0.25) is 0 Å². The Kier molecular flexibility index (Phi) is 3.68. The Morgan fingerprint density at radius 2 is 1.93 bits per heavy atom. The molecule has 1 fully saturated rings. The van der Waals surface area contributed by atoms with Gasteiger partial charge in [-0.05, 0) is 19.4 Å². The number of carboxylic acid groups (broad SMARTS) is 1. The third kappa shape index (κ3) is 2.68. The van der Waals surface area contributed by atoms with Crippen molar-refractivity contribution in [3.63, 3.8) is 0 Å². The van der Waals surface area contributed by atoms with Gasteiger partial charge < -0.3 is 15.3 Å². The Morgan fingerprint density at radius 3 is 2.27 bits per heavy atom. The average molecular weight is 214 g/mol. The number of carbonyl (C=O) groups is 2. The van der Waals surface area contributed by atoms with Crippen molar-refractivity contribution in [2.45, 2.75) is 32.2 Å². The van der Waals surface area contributed by atoms with E-state index in [1.165, 1.54) is 6.92 Å². The number of amides is 1. The molecule has 1 aliphatic heterocycles. The molecule has 0 unspecified atom stereocenters. The van der Waals surface area contributed by atoms with E-state index in [4.69, 9.17) is 5.11 Å². The van der Waals surface area contributed by atoms with Crippen molar-refractivity contribution in [3.05, 3.63) is 0 Å². The maximum Gasteiger partial charge on any atom is 0.329 e. The van der Waals surface area contributed by atoms with Crippen LogP contribution >= 0.6 is 0 Å². The second-order valence-electron chi connectivity index (χ2n) is 4.00. The van der Waals surface area contributed by atoms with E-state index in [2.05, 4.69) is 10.2 Å². The summed E-state index contributed by atoms with van der Waals surface area (Å²) < 4.78 is 0. The number of piperidine rings is 1. The Morgan fingerprint density at radius 1 is 1.40 bits per heavy atom. The fourth-order valence-corrected chi connectivity index (χ4v) is 1.98. The number of carbonyl (C=O) groups excluding carboxylic acids is 1. The first-order chi connectivity index (χ1) is 7.00. The third-order valence-corrected chi connectivity index (χ3v) is 2.98. The summed E-state index contributed by atoms with van der Waals surface area (Å²) in [6.07, 6.45) is 0.964. The molecule has 0 aromatic rings. The monoisotopic (exact) mass is 214 g/mol. The number of likely N-dealkylation sites (tertiary alicyclic amines) is 1. The highest BCUT2D eigenvalue weighted by Gasteiger charge is 2.41. The van der Waals surface area contributed by atoms with E-state index in [1.807, 2.05) is 6.92 Å². The largest absolute Gasteiger partial charge is 0.480 e. The fraction of sp³-hybridized carbons (Fsp3) is 0.800. The summed E-state index contributed by atoms with van der Waals surface area (Å²) in [4.78, 5) is 24.3. The van der Waals surface area contributed by atoms with Crippen molar-refractivity contribution < 1.29 is 14.7 Å². The number of aliphatic carboxylic acids is 1. The minimum atomic E-state index is -1.04. The quantitative estimate of drug-likeness (QED) is 0.697. The van der Waals surface area contributed by atoms with Gasteiger partial charge in [-0.3, -0.25) is 4.79 Å². The Bertz CT molecular complexity index is 257. The van der Waals surface area contributed by atoms with Gasteiger partial charge in [0.15, 0.2) is 0 Å². The van der Waals surface area contributed by atoms with Crippen molar-refractivity contribution in [3.8, 4) is 0 Å². The van der Waals surface area contributed by atoms with E-state index in [9.17, 15) is 9.59 Å². The molecular formula is C10H18N2O3. The van der Waals surface area contributed by atoms with Gasteiger partial charge in [0, 0.05) is 20.0 Å². The molecule has 1 aliphatic rings. The lowest BCUT2D eigenvalue weighted by Crippen LogP contribution is -2.59. The summed E-state index contributed by atoms with van der Waals surface area (Å²) in [7, 11) is 0. The molecule has 1 heterocycles. The van der Waals surface area contributed by atoms with Gasteiger partial charge in [-0.2, -0.15) is 0 Å². The van der Waals surface area contributed by atoms with Gasteiger partial charge in [-0.15, -0.1) is 0 Å².